The summed E-state index contributed by atoms with van der Waals surface area (Å²) in [6, 6.07) is 6.28. The van der Waals surface area contributed by atoms with E-state index in [4.69, 9.17) is 4.74 Å². The average Bonchev–Trinajstić information content (AvgIpc) is 3.62. The van der Waals surface area contributed by atoms with E-state index in [-0.39, 0.29) is 58.3 Å². The molecule has 4 aliphatic rings. The molecule has 9 nitrogen and oxygen atoms in total. The first-order valence-electron chi connectivity index (χ1n) is 13.0. The molecular formula is C27H29N3O6S2. The van der Waals surface area contributed by atoms with Crippen LogP contribution in [-0.2, 0) is 24.5 Å². The van der Waals surface area contributed by atoms with Crippen molar-refractivity contribution in [1.82, 2.24) is 9.88 Å². The maximum atomic E-state index is 13.6. The van der Waals surface area contributed by atoms with Gasteiger partial charge in [0.05, 0.1) is 29.0 Å². The Bertz CT molecular complexity index is 1400. The van der Waals surface area contributed by atoms with Gasteiger partial charge in [0.1, 0.15) is 6.54 Å². The standard InChI is InChI=1S/C27H29N3O6S2/c1-4-27(3)19-14-10-15(20(19)37-22-21(27)38-26(35)29-22)18-17(14)23(32)30(24(18)33)11-16(31)28-13-8-6-12(7-9-13)25(34)36-5-2/h6-9,14-15,17-20H,4-5,10-11H2,1-3H3,(H,28,31)(H,29,35). The van der Waals surface area contributed by atoms with Crippen molar-refractivity contribution in [3.8, 4) is 0 Å². The summed E-state index contributed by atoms with van der Waals surface area (Å²) in [5.74, 6) is -1.95. The van der Waals surface area contributed by atoms with E-state index < -0.39 is 23.7 Å². The Labute approximate surface area is 227 Å². The quantitative estimate of drug-likeness (QED) is 0.414. The van der Waals surface area contributed by atoms with E-state index in [1.54, 1.807) is 43.0 Å². The summed E-state index contributed by atoms with van der Waals surface area (Å²) in [6.45, 7) is 5.98. The van der Waals surface area contributed by atoms with Gasteiger partial charge < -0.3 is 15.0 Å². The van der Waals surface area contributed by atoms with Gasteiger partial charge >= 0.3 is 10.8 Å². The van der Waals surface area contributed by atoms with Gasteiger partial charge in [-0.1, -0.05) is 25.2 Å². The van der Waals surface area contributed by atoms with E-state index in [0.29, 0.717) is 11.3 Å². The Morgan fingerprint density at radius 3 is 2.45 bits per heavy atom. The first-order valence-corrected chi connectivity index (χ1v) is 14.7. The summed E-state index contributed by atoms with van der Waals surface area (Å²) < 4.78 is 4.97. The van der Waals surface area contributed by atoms with E-state index >= 15 is 0 Å². The number of thioether (sulfide) groups is 1. The topological polar surface area (TPSA) is 126 Å². The van der Waals surface area contributed by atoms with Crippen molar-refractivity contribution in [2.75, 3.05) is 18.5 Å². The molecular weight excluding hydrogens is 526 g/mol. The molecule has 0 radical (unpaired) electrons. The average molecular weight is 556 g/mol. The highest BCUT2D eigenvalue weighted by Gasteiger charge is 2.71. The summed E-state index contributed by atoms with van der Waals surface area (Å²) in [4.78, 5) is 69.1. The smallest absolute Gasteiger partial charge is 0.338 e. The van der Waals surface area contributed by atoms with Gasteiger partial charge in [0.25, 0.3) is 0 Å². The third-order valence-corrected chi connectivity index (χ3v) is 11.8. The maximum absolute atomic E-state index is 13.6. The number of aromatic nitrogens is 1. The Hall–Kier alpha value is -2.92. The van der Waals surface area contributed by atoms with Crippen LogP contribution in [0.2, 0.25) is 0 Å². The number of rotatable bonds is 6. The number of hydrogen-bond donors (Lipinski definition) is 2. The third-order valence-electron chi connectivity index (χ3n) is 9.03. The number of imide groups is 1. The number of esters is 1. The molecule has 2 aliphatic heterocycles. The summed E-state index contributed by atoms with van der Waals surface area (Å²) in [5, 5.41) is 3.80. The van der Waals surface area contributed by atoms with Crippen molar-refractivity contribution >= 4 is 52.5 Å². The van der Waals surface area contributed by atoms with E-state index in [0.717, 1.165) is 27.6 Å². The van der Waals surface area contributed by atoms with E-state index in [9.17, 15) is 24.0 Å². The second-order valence-electron chi connectivity index (χ2n) is 10.8. The normalized spacial score (nSPS) is 32.7. The number of thiazole rings is 1. The Balaban J connectivity index is 1.19. The number of amides is 3. The molecule has 3 heterocycles. The van der Waals surface area contributed by atoms with Gasteiger partial charge in [0, 0.05) is 21.2 Å². The molecule has 1 aromatic carbocycles. The lowest BCUT2D eigenvalue weighted by Crippen LogP contribution is -2.49. The second-order valence-corrected chi connectivity index (χ2v) is 12.9. The molecule has 3 amide bonds. The highest BCUT2D eigenvalue weighted by atomic mass is 32.2. The summed E-state index contributed by atoms with van der Waals surface area (Å²) >= 11 is 2.93. The minimum atomic E-state index is -0.465. The van der Waals surface area contributed by atoms with Gasteiger partial charge in [-0.15, -0.1) is 11.8 Å². The number of fused-ring (bicyclic) bond motifs is 9. The molecule has 7 atom stereocenters. The number of hydrogen-bond acceptors (Lipinski definition) is 8. The van der Waals surface area contributed by atoms with Gasteiger partial charge in [0.15, 0.2) is 0 Å². The molecule has 38 heavy (non-hydrogen) atoms. The van der Waals surface area contributed by atoms with Crippen molar-refractivity contribution < 1.29 is 23.9 Å². The minimum absolute atomic E-state index is 0.0439. The van der Waals surface area contributed by atoms with Gasteiger partial charge in [-0.25, -0.2) is 4.79 Å². The number of nitrogens with zero attached hydrogens (tertiary/aromatic N) is 1. The molecule has 2 aromatic rings. The number of ether oxygens (including phenoxy) is 1. The molecule has 7 unspecified atom stereocenters. The van der Waals surface area contributed by atoms with Crippen molar-refractivity contribution in [3.05, 3.63) is 44.4 Å². The Morgan fingerprint density at radius 1 is 1.11 bits per heavy atom. The van der Waals surface area contributed by atoms with Crippen LogP contribution in [0.1, 0.15) is 48.8 Å². The van der Waals surface area contributed by atoms with Gasteiger partial charge in [0.2, 0.25) is 17.7 Å². The monoisotopic (exact) mass is 555 g/mol. The molecule has 0 spiro atoms. The molecule has 200 valence electrons. The van der Waals surface area contributed by atoms with E-state index in [2.05, 4.69) is 24.1 Å². The Kier molecular flexibility index (Phi) is 6.06. The van der Waals surface area contributed by atoms with Crippen LogP contribution in [0.4, 0.5) is 5.69 Å². The zero-order valence-corrected chi connectivity index (χ0v) is 22.9. The number of carbonyl (C=O) groups is 4. The molecule has 2 N–H and O–H groups in total. The minimum Gasteiger partial charge on any atom is -0.462 e. The second kappa shape index (κ2) is 9.08. The number of nitrogens with one attached hydrogen (secondary N) is 2. The number of benzene rings is 1. The first kappa shape index (κ1) is 25.4. The zero-order chi connectivity index (χ0) is 26.9. The van der Waals surface area contributed by atoms with Gasteiger partial charge in [-0.3, -0.25) is 24.1 Å². The van der Waals surface area contributed by atoms with Crippen LogP contribution in [0.5, 0.6) is 0 Å². The molecule has 2 saturated carbocycles. The van der Waals surface area contributed by atoms with Gasteiger partial charge in [-0.05, 0) is 61.8 Å². The summed E-state index contributed by atoms with van der Waals surface area (Å²) in [7, 11) is 0. The molecule has 11 heteroatoms. The number of carbonyl (C=O) groups excluding carboxylic acids is 4. The van der Waals surface area contributed by atoms with Crippen LogP contribution in [0.25, 0.3) is 0 Å². The van der Waals surface area contributed by atoms with Crippen molar-refractivity contribution in [2.45, 2.75) is 49.3 Å². The SMILES string of the molecule is CCOC(=O)c1ccc(NC(=O)CN2C(=O)C3C4CC(C3C2=O)C2C4Sc3[nH]c(=O)sc3C2(C)CC)cc1. The van der Waals surface area contributed by atoms with Crippen LogP contribution in [0, 0.1) is 29.6 Å². The van der Waals surface area contributed by atoms with Crippen LogP contribution >= 0.6 is 23.1 Å². The number of likely N-dealkylation sites (tertiary alicyclic amines) is 1. The molecule has 1 saturated heterocycles. The molecule has 2 bridgehead atoms. The summed E-state index contributed by atoms with van der Waals surface area (Å²) in [6.07, 6.45) is 1.68. The molecule has 2 aliphatic carbocycles. The predicted molar refractivity (Wildman–Crippen MR) is 142 cm³/mol. The fourth-order valence-electron chi connectivity index (χ4n) is 7.36. The van der Waals surface area contributed by atoms with Crippen molar-refractivity contribution in [2.24, 2.45) is 29.6 Å². The number of anilines is 1. The lowest BCUT2D eigenvalue weighted by molar-refractivity contribution is -0.143. The zero-order valence-electron chi connectivity index (χ0n) is 21.3. The van der Waals surface area contributed by atoms with Gasteiger partial charge in [-0.2, -0.15) is 0 Å². The van der Waals surface area contributed by atoms with E-state index in [1.165, 1.54) is 11.3 Å². The third kappa shape index (κ3) is 3.61. The first-order chi connectivity index (χ1) is 18.2. The van der Waals surface area contributed by atoms with Crippen LogP contribution in [0.15, 0.2) is 34.1 Å². The lowest BCUT2D eigenvalue weighted by atomic mass is 9.62. The van der Waals surface area contributed by atoms with Crippen LogP contribution in [0.3, 0.4) is 0 Å². The van der Waals surface area contributed by atoms with Crippen LogP contribution in [-0.4, -0.2) is 52.0 Å². The lowest BCUT2D eigenvalue weighted by Gasteiger charge is -2.48. The Morgan fingerprint density at radius 2 is 1.79 bits per heavy atom. The van der Waals surface area contributed by atoms with Crippen molar-refractivity contribution in [3.63, 3.8) is 0 Å². The molecule has 3 fully saturated rings. The van der Waals surface area contributed by atoms with Crippen LogP contribution < -0.4 is 10.2 Å². The highest BCUT2D eigenvalue weighted by molar-refractivity contribution is 8.00. The fourth-order valence-corrected chi connectivity index (χ4v) is 10.6. The number of H-pyrrole nitrogens is 1. The van der Waals surface area contributed by atoms with Crippen molar-refractivity contribution in [1.29, 1.82) is 0 Å². The molecule has 6 rings (SSSR count). The predicted octanol–water partition coefficient (Wildman–Crippen LogP) is 3.26. The fraction of sp³-hybridized carbons (Fsp3) is 0.519. The number of aromatic amines is 1. The maximum Gasteiger partial charge on any atom is 0.338 e. The molecule has 1 aromatic heterocycles. The van der Waals surface area contributed by atoms with E-state index in [1.807, 2.05) is 0 Å². The summed E-state index contributed by atoms with van der Waals surface area (Å²) in [5.41, 5.74) is 0.599. The largest absolute Gasteiger partial charge is 0.462 e. The highest BCUT2D eigenvalue weighted by Crippen LogP contribution is 2.69.